The summed E-state index contributed by atoms with van der Waals surface area (Å²) >= 11 is 0. The molecule has 0 N–H and O–H groups in total. The highest BCUT2D eigenvalue weighted by Crippen LogP contribution is 2.27. The molecule has 0 amide bonds. The maximum atomic E-state index is 10.7. The molecule has 1 nitrogen and oxygen atoms in total. The van der Waals surface area contributed by atoms with Crippen molar-refractivity contribution in [3.63, 3.8) is 0 Å². The summed E-state index contributed by atoms with van der Waals surface area (Å²) in [6, 6.07) is 8.01. The van der Waals surface area contributed by atoms with Gasteiger partial charge in [-0.15, -0.1) is 0 Å². The lowest BCUT2D eigenvalue weighted by Gasteiger charge is -2.21. The van der Waals surface area contributed by atoms with Crippen LogP contribution in [0.4, 0.5) is 0 Å². The number of aryl methyl sites for hydroxylation is 1. The molecule has 1 heteroatoms. The Labute approximate surface area is 104 Å². The van der Waals surface area contributed by atoms with E-state index in [1.54, 1.807) is 0 Å². The Morgan fingerprint density at radius 2 is 2.00 bits per heavy atom. The van der Waals surface area contributed by atoms with E-state index in [9.17, 15) is 4.79 Å². The monoisotopic (exact) mass is 230 g/mol. The van der Waals surface area contributed by atoms with Gasteiger partial charge in [0.05, 0.1) is 0 Å². The lowest BCUT2D eigenvalue weighted by atomic mass is 9.85. The highest BCUT2D eigenvalue weighted by atomic mass is 16.1. The second kappa shape index (κ2) is 6.58. The van der Waals surface area contributed by atoms with Crippen LogP contribution >= 0.6 is 0 Å². The first-order valence-electron chi connectivity index (χ1n) is 6.92. The van der Waals surface area contributed by atoms with Gasteiger partial charge in [0.15, 0.2) is 0 Å². The van der Waals surface area contributed by atoms with Gasteiger partial charge >= 0.3 is 0 Å². The minimum Gasteiger partial charge on any atom is -0.298 e. The number of rotatable bonds is 5. The van der Waals surface area contributed by atoms with E-state index in [-0.39, 0.29) is 0 Å². The predicted octanol–water partition coefficient (Wildman–Crippen LogP) is 4.40. The van der Waals surface area contributed by atoms with Crippen LogP contribution in [0.1, 0.15) is 60.9 Å². The molecule has 1 aliphatic rings. The smallest absolute Gasteiger partial charge is 0.150 e. The zero-order chi connectivity index (χ0) is 11.9. The largest absolute Gasteiger partial charge is 0.298 e. The van der Waals surface area contributed by atoms with Crippen LogP contribution in [0.5, 0.6) is 0 Å². The number of carbonyl (C=O) groups is 1. The Morgan fingerprint density at radius 1 is 1.18 bits per heavy atom. The van der Waals surface area contributed by atoms with E-state index in [4.69, 9.17) is 0 Å². The summed E-state index contributed by atoms with van der Waals surface area (Å²) in [5.74, 6) is 0.970. The molecule has 92 valence electrons. The zero-order valence-corrected chi connectivity index (χ0v) is 10.5. The maximum Gasteiger partial charge on any atom is 0.150 e. The zero-order valence-electron chi connectivity index (χ0n) is 10.5. The van der Waals surface area contributed by atoms with Gasteiger partial charge in [0.2, 0.25) is 0 Å². The fourth-order valence-electron chi connectivity index (χ4n) is 2.89. The average molecular weight is 230 g/mol. The molecule has 0 radical (unpaired) electrons. The second-order valence-electron chi connectivity index (χ2n) is 5.26. The second-order valence-corrected chi connectivity index (χ2v) is 5.26. The summed E-state index contributed by atoms with van der Waals surface area (Å²) in [7, 11) is 0. The number of carbonyl (C=O) groups excluding carboxylic acids is 1. The third-order valence-electron chi connectivity index (χ3n) is 3.89. The molecular formula is C16H22O. The molecule has 0 bridgehead atoms. The Hall–Kier alpha value is -1.11. The molecule has 1 aromatic carbocycles. The van der Waals surface area contributed by atoms with Gasteiger partial charge in [-0.2, -0.15) is 0 Å². The number of hydrogen-bond acceptors (Lipinski definition) is 1. The SMILES string of the molecule is O=Cc1cccc(CCCC2CCCCC2)c1. The average Bonchev–Trinajstić information content (AvgIpc) is 2.40. The van der Waals surface area contributed by atoms with Gasteiger partial charge in [-0.3, -0.25) is 4.79 Å². The quantitative estimate of drug-likeness (QED) is 0.685. The van der Waals surface area contributed by atoms with Gasteiger partial charge < -0.3 is 0 Å². The highest BCUT2D eigenvalue weighted by molar-refractivity contribution is 5.74. The normalized spacial score (nSPS) is 16.9. The van der Waals surface area contributed by atoms with Gasteiger partial charge in [0.25, 0.3) is 0 Å². The molecule has 1 saturated carbocycles. The van der Waals surface area contributed by atoms with E-state index in [1.165, 1.54) is 50.5 Å². The molecule has 1 fully saturated rings. The first kappa shape index (κ1) is 12.3. The fourth-order valence-corrected chi connectivity index (χ4v) is 2.89. The van der Waals surface area contributed by atoms with Crippen LogP contribution in [0.2, 0.25) is 0 Å². The van der Waals surface area contributed by atoms with Crippen molar-refractivity contribution in [3.05, 3.63) is 35.4 Å². The first-order chi connectivity index (χ1) is 8.38. The third kappa shape index (κ3) is 3.99. The Bertz CT molecular complexity index is 350. The minimum atomic E-state index is 0.806. The van der Waals surface area contributed by atoms with Crippen molar-refractivity contribution in [2.75, 3.05) is 0 Å². The lowest BCUT2D eigenvalue weighted by Crippen LogP contribution is -2.06. The van der Waals surface area contributed by atoms with E-state index in [2.05, 4.69) is 6.07 Å². The van der Waals surface area contributed by atoms with Crippen molar-refractivity contribution < 1.29 is 4.79 Å². The molecule has 2 rings (SSSR count). The van der Waals surface area contributed by atoms with Crippen LogP contribution in [-0.4, -0.2) is 6.29 Å². The van der Waals surface area contributed by atoms with Crippen molar-refractivity contribution in [1.29, 1.82) is 0 Å². The minimum absolute atomic E-state index is 0.806. The molecule has 0 aromatic heterocycles. The van der Waals surface area contributed by atoms with Crippen molar-refractivity contribution in [1.82, 2.24) is 0 Å². The van der Waals surface area contributed by atoms with E-state index >= 15 is 0 Å². The van der Waals surface area contributed by atoms with Gasteiger partial charge in [-0.05, 0) is 30.4 Å². The molecule has 0 heterocycles. The summed E-state index contributed by atoms with van der Waals surface area (Å²) in [5, 5.41) is 0. The number of benzene rings is 1. The number of aldehydes is 1. The van der Waals surface area contributed by atoms with Crippen LogP contribution in [0.15, 0.2) is 24.3 Å². The molecule has 0 spiro atoms. The van der Waals surface area contributed by atoms with E-state index in [0.717, 1.165) is 24.2 Å². The molecule has 0 atom stereocenters. The van der Waals surface area contributed by atoms with Gasteiger partial charge in [-0.1, -0.05) is 56.7 Å². The fraction of sp³-hybridized carbons (Fsp3) is 0.562. The summed E-state index contributed by atoms with van der Waals surface area (Å²) < 4.78 is 0. The molecule has 0 saturated heterocycles. The van der Waals surface area contributed by atoms with Crippen LogP contribution < -0.4 is 0 Å². The Balaban J connectivity index is 1.75. The van der Waals surface area contributed by atoms with E-state index < -0.39 is 0 Å². The van der Waals surface area contributed by atoms with E-state index in [1.807, 2.05) is 18.2 Å². The molecule has 0 aliphatic heterocycles. The number of hydrogen-bond donors (Lipinski definition) is 0. The summed E-state index contributed by atoms with van der Waals surface area (Å²) in [6.07, 6.45) is 11.9. The molecule has 1 aliphatic carbocycles. The van der Waals surface area contributed by atoms with Crippen LogP contribution in [-0.2, 0) is 6.42 Å². The standard InChI is InChI=1S/C16H22O/c17-13-16-11-5-10-15(12-16)9-4-8-14-6-2-1-3-7-14/h5,10-14H,1-4,6-9H2. The molecular weight excluding hydrogens is 208 g/mol. The van der Waals surface area contributed by atoms with Crippen LogP contribution in [0.25, 0.3) is 0 Å². The molecule has 17 heavy (non-hydrogen) atoms. The maximum absolute atomic E-state index is 10.7. The van der Waals surface area contributed by atoms with Gasteiger partial charge in [-0.25, -0.2) is 0 Å². The summed E-state index contributed by atoms with van der Waals surface area (Å²) in [4.78, 5) is 10.7. The summed E-state index contributed by atoms with van der Waals surface area (Å²) in [5.41, 5.74) is 2.12. The molecule has 1 aromatic rings. The topological polar surface area (TPSA) is 17.1 Å². The van der Waals surface area contributed by atoms with Crippen molar-refractivity contribution in [2.45, 2.75) is 51.4 Å². The Kier molecular flexibility index (Phi) is 4.78. The highest BCUT2D eigenvalue weighted by Gasteiger charge is 2.12. The first-order valence-corrected chi connectivity index (χ1v) is 6.92. The van der Waals surface area contributed by atoms with Crippen molar-refractivity contribution >= 4 is 6.29 Å². The molecule has 0 unspecified atom stereocenters. The van der Waals surface area contributed by atoms with Crippen LogP contribution in [0, 0.1) is 5.92 Å². The third-order valence-corrected chi connectivity index (χ3v) is 3.89. The lowest BCUT2D eigenvalue weighted by molar-refractivity contribution is 0.112. The predicted molar refractivity (Wildman–Crippen MR) is 71.3 cm³/mol. The summed E-state index contributed by atoms with van der Waals surface area (Å²) in [6.45, 7) is 0. The van der Waals surface area contributed by atoms with Crippen molar-refractivity contribution in [2.24, 2.45) is 5.92 Å². The Morgan fingerprint density at radius 3 is 2.76 bits per heavy atom. The van der Waals surface area contributed by atoms with Crippen LogP contribution in [0.3, 0.4) is 0 Å². The van der Waals surface area contributed by atoms with Crippen molar-refractivity contribution in [3.8, 4) is 0 Å². The van der Waals surface area contributed by atoms with E-state index in [0.29, 0.717) is 0 Å². The van der Waals surface area contributed by atoms with Gasteiger partial charge in [0.1, 0.15) is 6.29 Å². The van der Waals surface area contributed by atoms with Gasteiger partial charge in [0, 0.05) is 5.56 Å².